The van der Waals surface area contributed by atoms with Crippen LogP contribution in [0.2, 0.25) is 0 Å². The van der Waals surface area contributed by atoms with Gasteiger partial charge in [0.05, 0.1) is 13.2 Å². The second-order valence-corrected chi connectivity index (χ2v) is 1.49. The molecule has 0 aliphatic rings. The average Bonchev–Trinajstić information content (AvgIpc) is 1.89. The predicted octanol–water partition coefficient (Wildman–Crippen LogP) is 0.569. The Morgan fingerprint density at radius 1 is 1.33 bits per heavy atom. The number of rotatable bonds is 5. The summed E-state index contributed by atoms with van der Waals surface area (Å²) >= 11 is 0. The van der Waals surface area contributed by atoms with Gasteiger partial charge in [0.25, 0.3) is 0 Å². The summed E-state index contributed by atoms with van der Waals surface area (Å²) in [4.78, 5) is 3.12. The van der Waals surface area contributed by atoms with Crippen LogP contribution >= 0.6 is 0 Å². The van der Waals surface area contributed by atoms with Crippen molar-refractivity contribution in [3.63, 3.8) is 0 Å². The Bertz CT molecular complexity index is 87.5. The van der Waals surface area contributed by atoms with Gasteiger partial charge in [0.1, 0.15) is 6.61 Å². The van der Waals surface area contributed by atoms with Crippen molar-refractivity contribution in [1.82, 2.24) is 0 Å². The van der Waals surface area contributed by atoms with Crippen LogP contribution in [-0.2, 0) is 9.47 Å². The molecule has 3 nitrogen and oxygen atoms in total. The van der Waals surface area contributed by atoms with Crippen molar-refractivity contribution < 1.29 is 9.47 Å². The average molecular weight is 129 g/mol. The number of nitrogens with zero attached hydrogens (tertiary/aromatic N) is 1. The van der Waals surface area contributed by atoms with E-state index in [9.17, 15) is 0 Å². The molecule has 0 aliphatic heterocycles. The van der Waals surface area contributed by atoms with Gasteiger partial charge in [-0.1, -0.05) is 0 Å². The highest BCUT2D eigenvalue weighted by molar-refractivity contribution is 4.55. The normalized spacial score (nSPS) is 8.89. The van der Waals surface area contributed by atoms with E-state index < -0.39 is 0 Å². The maximum Gasteiger partial charge on any atom is 0.237 e. The summed E-state index contributed by atoms with van der Waals surface area (Å²) < 4.78 is 9.70. The Morgan fingerprint density at radius 3 is 2.67 bits per heavy atom. The summed E-state index contributed by atoms with van der Waals surface area (Å²) in [5, 5.41) is 0. The summed E-state index contributed by atoms with van der Waals surface area (Å²) in [6, 6.07) is 0. The maximum absolute atomic E-state index is 6.40. The molecule has 0 N–H and O–H groups in total. The quantitative estimate of drug-likeness (QED) is 0.400. The first-order valence-electron chi connectivity index (χ1n) is 2.81. The van der Waals surface area contributed by atoms with E-state index in [-0.39, 0.29) is 0 Å². The molecule has 0 aromatic heterocycles. The minimum Gasteiger partial charge on any atom is -0.382 e. The van der Waals surface area contributed by atoms with Gasteiger partial charge in [-0.15, -0.1) is 0 Å². The fourth-order valence-electron chi connectivity index (χ4n) is 0.355. The van der Waals surface area contributed by atoms with Crippen molar-refractivity contribution in [2.75, 3.05) is 33.5 Å². The SMILES string of the molecule is [C-]#[N+]CCOCCOC. The van der Waals surface area contributed by atoms with Gasteiger partial charge in [-0.3, -0.25) is 0 Å². The van der Waals surface area contributed by atoms with Gasteiger partial charge in [-0.2, -0.15) is 0 Å². The Labute approximate surface area is 55.4 Å². The second kappa shape index (κ2) is 7.41. The fraction of sp³-hybridized carbons (Fsp3) is 0.833. The van der Waals surface area contributed by atoms with E-state index in [1.807, 2.05) is 0 Å². The van der Waals surface area contributed by atoms with Crippen molar-refractivity contribution in [3.8, 4) is 0 Å². The molecule has 3 heteroatoms. The molecule has 0 aromatic carbocycles. The molecule has 9 heavy (non-hydrogen) atoms. The van der Waals surface area contributed by atoms with Gasteiger partial charge >= 0.3 is 0 Å². The predicted molar refractivity (Wildman–Crippen MR) is 34.2 cm³/mol. The third kappa shape index (κ3) is 7.41. The number of hydrogen-bond acceptors (Lipinski definition) is 2. The van der Waals surface area contributed by atoms with E-state index in [1.54, 1.807) is 7.11 Å². The van der Waals surface area contributed by atoms with Crippen LogP contribution in [0.3, 0.4) is 0 Å². The van der Waals surface area contributed by atoms with Crippen molar-refractivity contribution in [2.45, 2.75) is 0 Å². The van der Waals surface area contributed by atoms with Crippen molar-refractivity contribution >= 4 is 0 Å². The van der Waals surface area contributed by atoms with Crippen LogP contribution in [-0.4, -0.2) is 33.5 Å². The lowest BCUT2D eigenvalue weighted by molar-refractivity contribution is 0.0768. The van der Waals surface area contributed by atoms with E-state index >= 15 is 0 Å². The Balaban J connectivity index is 2.69. The van der Waals surface area contributed by atoms with Crippen molar-refractivity contribution in [2.24, 2.45) is 0 Å². The lowest BCUT2D eigenvalue weighted by Gasteiger charge is -1.96. The van der Waals surface area contributed by atoms with Crippen molar-refractivity contribution in [1.29, 1.82) is 0 Å². The topological polar surface area (TPSA) is 22.8 Å². The van der Waals surface area contributed by atoms with E-state index in [0.717, 1.165) is 0 Å². The Kier molecular flexibility index (Phi) is 6.92. The summed E-state index contributed by atoms with van der Waals surface area (Å²) in [6.45, 7) is 8.56. The van der Waals surface area contributed by atoms with E-state index in [2.05, 4.69) is 4.85 Å². The van der Waals surface area contributed by atoms with Crippen molar-refractivity contribution in [3.05, 3.63) is 11.4 Å². The third-order valence-electron chi connectivity index (χ3n) is 0.779. The maximum atomic E-state index is 6.40. The smallest absolute Gasteiger partial charge is 0.237 e. The van der Waals surface area contributed by atoms with Crippen LogP contribution in [0, 0.1) is 6.57 Å². The molecule has 0 amide bonds. The van der Waals surface area contributed by atoms with Gasteiger partial charge in [0, 0.05) is 7.11 Å². The van der Waals surface area contributed by atoms with Crippen LogP contribution in [0.1, 0.15) is 0 Å². The molecular weight excluding hydrogens is 118 g/mol. The highest BCUT2D eigenvalue weighted by atomic mass is 16.5. The zero-order valence-electron chi connectivity index (χ0n) is 5.59. The minimum absolute atomic E-state index is 0.448. The van der Waals surface area contributed by atoms with E-state index in [1.165, 1.54) is 0 Å². The monoisotopic (exact) mass is 129 g/mol. The summed E-state index contributed by atoms with van der Waals surface area (Å²) in [7, 11) is 1.62. The minimum atomic E-state index is 0.448. The number of ether oxygens (including phenoxy) is 2. The lowest BCUT2D eigenvalue weighted by atomic mass is 10.7. The van der Waals surface area contributed by atoms with Crippen LogP contribution < -0.4 is 0 Å². The third-order valence-corrected chi connectivity index (χ3v) is 0.779. The lowest BCUT2D eigenvalue weighted by Crippen LogP contribution is -2.03. The first-order valence-corrected chi connectivity index (χ1v) is 2.81. The molecule has 0 aromatic rings. The first-order chi connectivity index (χ1) is 4.41. The molecule has 0 unspecified atom stereocenters. The second-order valence-electron chi connectivity index (χ2n) is 1.49. The zero-order valence-corrected chi connectivity index (χ0v) is 5.59. The molecule has 0 atom stereocenters. The van der Waals surface area contributed by atoms with Gasteiger partial charge in [-0.05, 0) is 0 Å². The van der Waals surface area contributed by atoms with Gasteiger partial charge in [0.15, 0.2) is 0 Å². The van der Waals surface area contributed by atoms with E-state index in [0.29, 0.717) is 26.4 Å². The molecular formula is C6H11NO2. The summed E-state index contributed by atoms with van der Waals surface area (Å²) in [5.74, 6) is 0. The van der Waals surface area contributed by atoms with Crippen LogP contribution in [0.15, 0.2) is 0 Å². The highest BCUT2D eigenvalue weighted by Crippen LogP contribution is 1.75. The van der Waals surface area contributed by atoms with Gasteiger partial charge < -0.3 is 14.3 Å². The molecule has 0 radical (unpaired) electrons. The summed E-state index contributed by atoms with van der Waals surface area (Å²) in [5.41, 5.74) is 0. The molecule has 0 saturated heterocycles. The van der Waals surface area contributed by atoms with Crippen LogP contribution in [0.25, 0.3) is 4.85 Å². The molecule has 52 valence electrons. The molecule has 0 spiro atoms. The van der Waals surface area contributed by atoms with Crippen LogP contribution in [0.5, 0.6) is 0 Å². The number of methoxy groups -OCH3 is 1. The highest BCUT2D eigenvalue weighted by Gasteiger charge is 1.86. The zero-order chi connectivity index (χ0) is 6.95. The van der Waals surface area contributed by atoms with Crippen LogP contribution in [0.4, 0.5) is 0 Å². The Hall–Kier alpha value is -0.590. The molecule has 0 saturated carbocycles. The standard InChI is InChI=1S/C6H11NO2/c1-7-3-4-9-6-5-8-2/h3-6H2,2H3. The van der Waals surface area contributed by atoms with E-state index in [4.69, 9.17) is 16.0 Å². The molecule has 0 aliphatic carbocycles. The molecule has 0 rings (SSSR count). The van der Waals surface area contributed by atoms with Gasteiger partial charge in [0.2, 0.25) is 6.54 Å². The molecule has 0 bridgehead atoms. The summed E-state index contributed by atoms with van der Waals surface area (Å²) in [6.07, 6.45) is 0. The first kappa shape index (κ1) is 8.41. The molecule has 0 fully saturated rings. The fourth-order valence-corrected chi connectivity index (χ4v) is 0.355. The Morgan fingerprint density at radius 2 is 2.11 bits per heavy atom. The number of hydrogen-bond donors (Lipinski definition) is 0. The van der Waals surface area contributed by atoms with Gasteiger partial charge in [-0.25, -0.2) is 6.57 Å². The largest absolute Gasteiger partial charge is 0.382 e. The molecule has 0 heterocycles.